The zero-order valence-electron chi connectivity index (χ0n) is 13.6. The van der Waals surface area contributed by atoms with E-state index in [-0.39, 0.29) is 6.09 Å². The van der Waals surface area contributed by atoms with E-state index >= 15 is 0 Å². The molecule has 1 aromatic rings. The smallest absolute Gasteiger partial charge is 0.410 e. The molecule has 1 fully saturated rings. The maximum atomic E-state index is 12.0. The Balaban J connectivity index is 1.66. The SMILES string of the molecule is CC(C)(C)OC(=O)N1CCC(CCOc2ncccn2)CC1. The van der Waals surface area contributed by atoms with E-state index in [4.69, 9.17) is 9.47 Å². The molecule has 0 aromatic carbocycles. The summed E-state index contributed by atoms with van der Waals surface area (Å²) in [6.45, 7) is 7.78. The molecule has 6 heteroatoms. The second-order valence-electron chi connectivity index (χ2n) is 6.58. The lowest BCUT2D eigenvalue weighted by molar-refractivity contribution is 0.0177. The molecule has 0 atom stereocenters. The minimum absolute atomic E-state index is 0.208. The second-order valence-corrected chi connectivity index (χ2v) is 6.58. The first-order valence-electron chi connectivity index (χ1n) is 7.82. The van der Waals surface area contributed by atoms with Gasteiger partial charge in [-0.25, -0.2) is 14.8 Å². The van der Waals surface area contributed by atoms with Gasteiger partial charge in [0.15, 0.2) is 0 Å². The zero-order valence-corrected chi connectivity index (χ0v) is 13.6. The number of rotatable bonds is 4. The predicted molar refractivity (Wildman–Crippen MR) is 82.7 cm³/mol. The first-order chi connectivity index (χ1) is 10.4. The third kappa shape index (κ3) is 5.50. The highest BCUT2D eigenvalue weighted by Crippen LogP contribution is 2.22. The molecule has 1 aromatic heterocycles. The molecular weight excluding hydrogens is 282 g/mol. The van der Waals surface area contributed by atoms with Gasteiger partial charge in [0, 0.05) is 25.5 Å². The van der Waals surface area contributed by atoms with Gasteiger partial charge >= 0.3 is 12.1 Å². The van der Waals surface area contributed by atoms with Crippen molar-refractivity contribution >= 4 is 6.09 Å². The molecule has 0 unspecified atom stereocenters. The number of hydrogen-bond donors (Lipinski definition) is 0. The van der Waals surface area contributed by atoms with Gasteiger partial charge in [0.05, 0.1) is 6.61 Å². The highest BCUT2D eigenvalue weighted by Gasteiger charge is 2.26. The number of aromatic nitrogens is 2. The summed E-state index contributed by atoms with van der Waals surface area (Å²) >= 11 is 0. The Kier molecular flexibility index (Phi) is 5.57. The summed E-state index contributed by atoms with van der Waals surface area (Å²) in [5, 5.41) is 0. The van der Waals surface area contributed by atoms with Crippen LogP contribution in [-0.2, 0) is 4.74 Å². The van der Waals surface area contributed by atoms with Crippen LogP contribution in [0.5, 0.6) is 6.01 Å². The Morgan fingerprint density at radius 2 is 1.91 bits per heavy atom. The summed E-state index contributed by atoms with van der Waals surface area (Å²) in [6, 6.07) is 2.19. The third-order valence-electron chi connectivity index (χ3n) is 3.57. The number of hydrogen-bond acceptors (Lipinski definition) is 5. The van der Waals surface area contributed by atoms with E-state index in [1.165, 1.54) is 0 Å². The maximum Gasteiger partial charge on any atom is 0.410 e. The number of amides is 1. The first kappa shape index (κ1) is 16.5. The first-order valence-corrected chi connectivity index (χ1v) is 7.82. The normalized spacial score (nSPS) is 16.4. The minimum Gasteiger partial charge on any atom is -0.463 e. The van der Waals surface area contributed by atoms with Crippen LogP contribution < -0.4 is 4.74 Å². The van der Waals surface area contributed by atoms with Gasteiger partial charge in [-0.15, -0.1) is 0 Å². The van der Waals surface area contributed by atoms with Crippen molar-refractivity contribution in [3.05, 3.63) is 18.5 Å². The van der Waals surface area contributed by atoms with E-state index in [0.29, 0.717) is 18.5 Å². The van der Waals surface area contributed by atoms with Gasteiger partial charge in [0.2, 0.25) is 0 Å². The van der Waals surface area contributed by atoms with Gasteiger partial charge in [0.25, 0.3) is 0 Å². The van der Waals surface area contributed by atoms with E-state index in [1.54, 1.807) is 23.4 Å². The standard InChI is InChI=1S/C16H25N3O3/c1-16(2,3)22-15(20)19-10-5-13(6-11-19)7-12-21-14-17-8-4-9-18-14/h4,8-9,13H,5-7,10-12H2,1-3H3. The van der Waals surface area contributed by atoms with Crippen molar-refractivity contribution in [2.75, 3.05) is 19.7 Å². The van der Waals surface area contributed by atoms with Crippen LogP contribution in [0.25, 0.3) is 0 Å². The lowest BCUT2D eigenvalue weighted by Crippen LogP contribution is -2.41. The topological polar surface area (TPSA) is 64.5 Å². The van der Waals surface area contributed by atoms with Crippen LogP contribution in [0.3, 0.4) is 0 Å². The van der Waals surface area contributed by atoms with Crippen LogP contribution in [0.2, 0.25) is 0 Å². The van der Waals surface area contributed by atoms with Crippen LogP contribution in [-0.4, -0.2) is 46.3 Å². The van der Waals surface area contributed by atoms with Gasteiger partial charge in [0.1, 0.15) is 5.60 Å². The molecule has 0 saturated carbocycles. The molecule has 1 amide bonds. The van der Waals surface area contributed by atoms with Crippen LogP contribution >= 0.6 is 0 Å². The van der Waals surface area contributed by atoms with Crippen molar-refractivity contribution in [1.29, 1.82) is 0 Å². The van der Waals surface area contributed by atoms with Gasteiger partial charge in [-0.2, -0.15) is 0 Å². The molecule has 0 radical (unpaired) electrons. The lowest BCUT2D eigenvalue weighted by atomic mass is 9.94. The summed E-state index contributed by atoms with van der Waals surface area (Å²) in [6.07, 6.45) is 6.06. The molecule has 0 N–H and O–H groups in total. The fourth-order valence-corrected chi connectivity index (χ4v) is 2.41. The molecule has 0 spiro atoms. The Labute approximate surface area is 131 Å². The van der Waals surface area contributed by atoms with Crippen LogP contribution in [0, 0.1) is 5.92 Å². The molecule has 1 aliphatic rings. The zero-order chi connectivity index (χ0) is 16.0. The van der Waals surface area contributed by atoms with Crippen LogP contribution in [0.4, 0.5) is 4.79 Å². The molecule has 2 heterocycles. The van der Waals surface area contributed by atoms with E-state index in [9.17, 15) is 4.79 Å². The van der Waals surface area contributed by atoms with Gasteiger partial charge in [-0.05, 0) is 52.0 Å². The van der Waals surface area contributed by atoms with Crippen molar-refractivity contribution in [2.24, 2.45) is 5.92 Å². The van der Waals surface area contributed by atoms with E-state index < -0.39 is 5.60 Å². The summed E-state index contributed by atoms with van der Waals surface area (Å²) in [7, 11) is 0. The van der Waals surface area contributed by atoms with Crippen LogP contribution in [0.15, 0.2) is 18.5 Å². The molecule has 6 nitrogen and oxygen atoms in total. The van der Waals surface area contributed by atoms with Gasteiger partial charge < -0.3 is 14.4 Å². The molecule has 1 aliphatic heterocycles. The number of ether oxygens (including phenoxy) is 2. The van der Waals surface area contributed by atoms with Crippen molar-refractivity contribution in [1.82, 2.24) is 14.9 Å². The maximum absolute atomic E-state index is 12.0. The number of carbonyl (C=O) groups excluding carboxylic acids is 1. The average molecular weight is 307 g/mol. The summed E-state index contributed by atoms with van der Waals surface area (Å²) in [5.74, 6) is 0.572. The minimum atomic E-state index is -0.433. The lowest BCUT2D eigenvalue weighted by Gasteiger charge is -2.33. The average Bonchev–Trinajstić information content (AvgIpc) is 2.47. The molecule has 1 saturated heterocycles. The number of nitrogens with zero attached hydrogens (tertiary/aromatic N) is 3. The largest absolute Gasteiger partial charge is 0.463 e. The second kappa shape index (κ2) is 7.42. The Hall–Kier alpha value is -1.85. The summed E-state index contributed by atoms with van der Waals surface area (Å²) in [4.78, 5) is 21.8. The quantitative estimate of drug-likeness (QED) is 0.855. The Morgan fingerprint density at radius 3 is 2.50 bits per heavy atom. The number of piperidine rings is 1. The molecule has 2 rings (SSSR count). The summed E-state index contributed by atoms with van der Waals surface area (Å²) < 4.78 is 10.9. The highest BCUT2D eigenvalue weighted by molar-refractivity contribution is 5.68. The monoisotopic (exact) mass is 307 g/mol. The van der Waals surface area contributed by atoms with E-state index in [0.717, 1.165) is 32.4 Å². The van der Waals surface area contributed by atoms with E-state index in [2.05, 4.69) is 9.97 Å². The predicted octanol–water partition coefficient (Wildman–Crippen LogP) is 2.89. The summed E-state index contributed by atoms with van der Waals surface area (Å²) in [5.41, 5.74) is -0.433. The fourth-order valence-electron chi connectivity index (χ4n) is 2.41. The van der Waals surface area contributed by atoms with Gasteiger partial charge in [-0.3, -0.25) is 0 Å². The molecule has 0 aliphatic carbocycles. The van der Waals surface area contributed by atoms with E-state index in [1.807, 2.05) is 20.8 Å². The molecule has 22 heavy (non-hydrogen) atoms. The number of likely N-dealkylation sites (tertiary alicyclic amines) is 1. The Morgan fingerprint density at radius 1 is 1.27 bits per heavy atom. The molecule has 122 valence electrons. The van der Waals surface area contributed by atoms with Crippen molar-refractivity contribution in [2.45, 2.75) is 45.6 Å². The van der Waals surface area contributed by atoms with Crippen molar-refractivity contribution in [3.8, 4) is 6.01 Å². The third-order valence-corrected chi connectivity index (χ3v) is 3.57. The van der Waals surface area contributed by atoms with Crippen LogP contribution in [0.1, 0.15) is 40.0 Å². The molecule has 0 bridgehead atoms. The Bertz CT molecular complexity index is 465. The number of carbonyl (C=O) groups is 1. The highest BCUT2D eigenvalue weighted by atomic mass is 16.6. The van der Waals surface area contributed by atoms with Gasteiger partial charge in [-0.1, -0.05) is 0 Å². The molecular formula is C16H25N3O3. The fraction of sp³-hybridized carbons (Fsp3) is 0.688. The van der Waals surface area contributed by atoms with Crippen molar-refractivity contribution < 1.29 is 14.3 Å². The van der Waals surface area contributed by atoms with Crippen molar-refractivity contribution in [3.63, 3.8) is 0 Å².